The molecule has 150 valence electrons. The summed E-state index contributed by atoms with van der Waals surface area (Å²) < 4.78 is 5.52. The first-order valence-corrected chi connectivity index (χ1v) is 11.7. The van der Waals surface area contributed by atoms with E-state index in [4.69, 9.17) is 4.74 Å². The summed E-state index contributed by atoms with van der Waals surface area (Å²) in [6.07, 6.45) is 25.7. The summed E-state index contributed by atoms with van der Waals surface area (Å²) in [5.41, 5.74) is 0. The van der Waals surface area contributed by atoms with Gasteiger partial charge >= 0.3 is 0 Å². The second-order valence-electron chi connectivity index (χ2n) is 8.16. The molecule has 25 heavy (non-hydrogen) atoms. The molecule has 1 aliphatic rings. The summed E-state index contributed by atoms with van der Waals surface area (Å²) in [5.74, 6) is 0. The summed E-state index contributed by atoms with van der Waals surface area (Å²) in [5, 5.41) is 3.39. The Hall–Kier alpha value is -0.0800. The van der Waals surface area contributed by atoms with Gasteiger partial charge in [0, 0.05) is 25.8 Å². The zero-order valence-corrected chi connectivity index (χ0v) is 17.3. The van der Waals surface area contributed by atoms with Crippen LogP contribution in [-0.4, -0.2) is 25.8 Å². The van der Waals surface area contributed by atoms with Crippen molar-refractivity contribution in [3.05, 3.63) is 0 Å². The lowest BCUT2D eigenvalue weighted by molar-refractivity contribution is 0.130. The Morgan fingerprint density at radius 1 is 0.600 bits per heavy atom. The van der Waals surface area contributed by atoms with Crippen LogP contribution in [0.4, 0.5) is 0 Å². The van der Waals surface area contributed by atoms with Crippen molar-refractivity contribution in [1.29, 1.82) is 0 Å². The van der Waals surface area contributed by atoms with Gasteiger partial charge in [-0.3, -0.25) is 0 Å². The molecular formula is C23H47NO. The predicted molar refractivity (Wildman–Crippen MR) is 111 cm³/mol. The third kappa shape index (κ3) is 18.5. The molecule has 1 rings (SSSR count). The summed E-state index contributed by atoms with van der Waals surface area (Å²) >= 11 is 0. The van der Waals surface area contributed by atoms with Crippen LogP contribution in [0.1, 0.15) is 122 Å². The summed E-state index contributed by atoms with van der Waals surface area (Å²) in [6.45, 7) is 5.38. The van der Waals surface area contributed by atoms with Crippen LogP contribution in [0.15, 0.2) is 0 Å². The number of unbranched alkanes of at least 4 members (excludes halogenated alkanes) is 15. The largest absolute Gasteiger partial charge is 0.381 e. The second-order valence-corrected chi connectivity index (χ2v) is 8.16. The SMILES string of the molecule is CCCOCCCCCCCCCCCCCCCCCCC1CN1. The van der Waals surface area contributed by atoms with Gasteiger partial charge in [-0.1, -0.05) is 103 Å². The van der Waals surface area contributed by atoms with Crippen LogP contribution in [0.3, 0.4) is 0 Å². The molecule has 0 saturated carbocycles. The minimum atomic E-state index is 0.894. The van der Waals surface area contributed by atoms with Gasteiger partial charge in [-0.2, -0.15) is 0 Å². The van der Waals surface area contributed by atoms with Gasteiger partial charge in [-0.25, -0.2) is 0 Å². The number of rotatable bonds is 21. The van der Waals surface area contributed by atoms with Crippen molar-refractivity contribution in [2.75, 3.05) is 19.8 Å². The Balaban J connectivity index is 1.59. The summed E-state index contributed by atoms with van der Waals surface area (Å²) in [7, 11) is 0. The van der Waals surface area contributed by atoms with Crippen LogP contribution in [-0.2, 0) is 4.74 Å². The van der Waals surface area contributed by atoms with Crippen molar-refractivity contribution < 1.29 is 4.74 Å². The standard InChI is InChI=1S/C23H47NO/c1-2-20-25-21-18-16-14-12-10-8-6-4-3-5-7-9-11-13-15-17-19-23-22-24-23/h23-24H,2-22H2,1H3. The monoisotopic (exact) mass is 353 g/mol. The quantitative estimate of drug-likeness (QED) is 0.178. The molecule has 1 saturated heterocycles. The van der Waals surface area contributed by atoms with E-state index in [9.17, 15) is 0 Å². The first kappa shape index (κ1) is 23.0. The van der Waals surface area contributed by atoms with Crippen LogP contribution in [0.25, 0.3) is 0 Å². The van der Waals surface area contributed by atoms with Gasteiger partial charge in [0.2, 0.25) is 0 Å². The third-order valence-corrected chi connectivity index (χ3v) is 5.43. The maximum absolute atomic E-state index is 5.52. The molecule has 2 heteroatoms. The molecule has 0 aliphatic carbocycles. The first-order chi connectivity index (χ1) is 12.4. The molecule has 0 aromatic heterocycles. The molecule has 1 aliphatic heterocycles. The van der Waals surface area contributed by atoms with Crippen molar-refractivity contribution in [2.24, 2.45) is 0 Å². The Bertz CT molecular complexity index is 252. The molecule has 0 amide bonds. The van der Waals surface area contributed by atoms with Gasteiger partial charge < -0.3 is 10.1 Å². The lowest BCUT2D eigenvalue weighted by Crippen LogP contribution is -1.95. The number of nitrogens with one attached hydrogen (secondary N) is 1. The molecule has 1 heterocycles. The lowest BCUT2D eigenvalue weighted by atomic mass is 10.0. The second kappa shape index (κ2) is 18.7. The maximum Gasteiger partial charge on any atom is 0.0466 e. The molecule has 2 nitrogen and oxygen atoms in total. The van der Waals surface area contributed by atoms with E-state index in [0.717, 1.165) is 25.7 Å². The highest BCUT2D eigenvalue weighted by Gasteiger charge is 2.18. The van der Waals surface area contributed by atoms with Crippen LogP contribution in [0.2, 0.25) is 0 Å². The van der Waals surface area contributed by atoms with E-state index in [1.807, 2.05) is 0 Å². The topological polar surface area (TPSA) is 31.2 Å². The van der Waals surface area contributed by atoms with Crippen LogP contribution in [0.5, 0.6) is 0 Å². The van der Waals surface area contributed by atoms with E-state index in [0.29, 0.717) is 0 Å². The lowest BCUT2D eigenvalue weighted by Gasteiger charge is -2.04. The maximum atomic E-state index is 5.52. The van der Waals surface area contributed by atoms with Gasteiger partial charge in [0.15, 0.2) is 0 Å². The fraction of sp³-hybridized carbons (Fsp3) is 1.00. The Morgan fingerprint density at radius 2 is 1.00 bits per heavy atom. The van der Waals surface area contributed by atoms with Gasteiger partial charge in [-0.05, 0) is 19.3 Å². The highest BCUT2D eigenvalue weighted by Crippen LogP contribution is 2.15. The van der Waals surface area contributed by atoms with Crippen molar-refractivity contribution in [3.63, 3.8) is 0 Å². The molecular weight excluding hydrogens is 306 g/mol. The van der Waals surface area contributed by atoms with Gasteiger partial charge in [-0.15, -0.1) is 0 Å². The van der Waals surface area contributed by atoms with E-state index in [1.54, 1.807) is 0 Å². The third-order valence-electron chi connectivity index (χ3n) is 5.43. The van der Waals surface area contributed by atoms with E-state index in [1.165, 1.54) is 116 Å². The molecule has 0 spiro atoms. The van der Waals surface area contributed by atoms with E-state index in [2.05, 4.69) is 12.2 Å². The average Bonchev–Trinajstić information content (AvgIpc) is 3.44. The van der Waals surface area contributed by atoms with Crippen molar-refractivity contribution in [3.8, 4) is 0 Å². The van der Waals surface area contributed by atoms with Gasteiger partial charge in [0.1, 0.15) is 0 Å². The number of ether oxygens (including phenoxy) is 1. The predicted octanol–water partition coefficient (Wildman–Crippen LogP) is 7.02. The Labute approximate surface area is 158 Å². The molecule has 1 fully saturated rings. The van der Waals surface area contributed by atoms with Crippen LogP contribution in [0, 0.1) is 0 Å². The smallest absolute Gasteiger partial charge is 0.0466 e. The fourth-order valence-electron chi connectivity index (χ4n) is 3.60. The van der Waals surface area contributed by atoms with E-state index >= 15 is 0 Å². The van der Waals surface area contributed by atoms with Gasteiger partial charge in [0.25, 0.3) is 0 Å². The van der Waals surface area contributed by atoms with Crippen molar-refractivity contribution in [1.82, 2.24) is 5.32 Å². The van der Waals surface area contributed by atoms with E-state index in [-0.39, 0.29) is 0 Å². The number of hydrogen-bond acceptors (Lipinski definition) is 2. The highest BCUT2D eigenvalue weighted by atomic mass is 16.5. The Morgan fingerprint density at radius 3 is 1.40 bits per heavy atom. The molecule has 0 bridgehead atoms. The molecule has 1 atom stereocenters. The Kier molecular flexibility index (Phi) is 17.2. The van der Waals surface area contributed by atoms with E-state index < -0.39 is 0 Å². The van der Waals surface area contributed by atoms with Crippen LogP contribution >= 0.6 is 0 Å². The zero-order chi connectivity index (χ0) is 17.8. The normalized spacial score (nSPS) is 16.4. The molecule has 0 radical (unpaired) electrons. The fourth-order valence-corrected chi connectivity index (χ4v) is 3.60. The number of hydrogen-bond donors (Lipinski definition) is 1. The molecule has 0 aromatic rings. The zero-order valence-electron chi connectivity index (χ0n) is 17.3. The molecule has 1 unspecified atom stereocenters. The minimum absolute atomic E-state index is 0.894. The van der Waals surface area contributed by atoms with Crippen molar-refractivity contribution in [2.45, 2.75) is 129 Å². The first-order valence-electron chi connectivity index (χ1n) is 11.7. The van der Waals surface area contributed by atoms with Crippen LogP contribution < -0.4 is 5.32 Å². The summed E-state index contributed by atoms with van der Waals surface area (Å²) in [6, 6.07) is 0.894. The molecule has 0 aromatic carbocycles. The minimum Gasteiger partial charge on any atom is -0.381 e. The van der Waals surface area contributed by atoms with Crippen molar-refractivity contribution >= 4 is 0 Å². The van der Waals surface area contributed by atoms with Gasteiger partial charge in [0.05, 0.1) is 0 Å². The highest BCUT2D eigenvalue weighted by molar-refractivity contribution is 4.82. The molecule has 1 N–H and O–H groups in total. The average molecular weight is 354 g/mol. The summed E-state index contributed by atoms with van der Waals surface area (Å²) in [4.78, 5) is 0.